The molecule has 1 saturated heterocycles. The highest BCUT2D eigenvalue weighted by Gasteiger charge is 2.25. The lowest BCUT2D eigenvalue weighted by Gasteiger charge is -2.21. The van der Waals surface area contributed by atoms with Gasteiger partial charge in [-0.3, -0.25) is 14.9 Å². The average molecular weight is 292 g/mol. The molecule has 1 fully saturated rings. The zero-order valence-electron chi connectivity index (χ0n) is 11.3. The molecule has 2 amide bonds. The molecule has 1 heterocycles. The van der Waals surface area contributed by atoms with Gasteiger partial charge in [0.1, 0.15) is 5.75 Å². The molecule has 2 N–H and O–H groups in total. The summed E-state index contributed by atoms with van der Waals surface area (Å²) < 4.78 is 0. The van der Waals surface area contributed by atoms with Crippen molar-refractivity contribution in [2.75, 3.05) is 18.0 Å². The Morgan fingerprint density at radius 3 is 2.50 bits per heavy atom. The van der Waals surface area contributed by atoms with E-state index in [0.717, 1.165) is 30.5 Å². The van der Waals surface area contributed by atoms with Crippen LogP contribution in [0.1, 0.15) is 19.4 Å². The van der Waals surface area contributed by atoms with Crippen molar-refractivity contribution in [3.8, 4) is 5.75 Å². The van der Waals surface area contributed by atoms with E-state index in [4.69, 9.17) is 0 Å². The first-order valence-electron chi connectivity index (χ1n) is 6.38. The molecule has 0 radical (unpaired) electrons. The maximum Gasteiger partial charge on any atom is 0.290 e. The lowest BCUT2D eigenvalue weighted by Crippen LogP contribution is -2.21. The van der Waals surface area contributed by atoms with E-state index in [1.165, 1.54) is 6.08 Å². The van der Waals surface area contributed by atoms with Crippen molar-refractivity contribution in [1.82, 2.24) is 5.32 Å². The molecule has 1 aromatic rings. The Morgan fingerprint density at radius 2 is 2.00 bits per heavy atom. The third kappa shape index (κ3) is 2.96. The van der Waals surface area contributed by atoms with E-state index in [-0.39, 0.29) is 11.0 Å². The Balaban J connectivity index is 2.29. The van der Waals surface area contributed by atoms with Gasteiger partial charge in [-0.05, 0) is 43.8 Å². The van der Waals surface area contributed by atoms with E-state index in [0.29, 0.717) is 10.5 Å². The zero-order valence-corrected chi connectivity index (χ0v) is 12.2. The van der Waals surface area contributed by atoms with Gasteiger partial charge in [-0.25, -0.2) is 0 Å². The smallest absolute Gasteiger partial charge is 0.290 e. The molecule has 0 bridgehead atoms. The van der Waals surface area contributed by atoms with Crippen LogP contribution in [0.15, 0.2) is 23.1 Å². The van der Waals surface area contributed by atoms with Crippen LogP contribution in [-0.4, -0.2) is 29.3 Å². The molecule has 0 aromatic heterocycles. The minimum absolute atomic E-state index is 0.0923. The predicted octanol–water partition coefficient (Wildman–Crippen LogP) is 2.56. The Kier molecular flexibility index (Phi) is 4.34. The molecular formula is C14H16N2O3S. The SMILES string of the molecule is CCN(CC)c1ccc(/C=C2/SC(=O)NC2=O)c(O)c1. The predicted molar refractivity (Wildman–Crippen MR) is 80.8 cm³/mol. The largest absolute Gasteiger partial charge is 0.507 e. The van der Waals surface area contributed by atoms with Gasteiger partial charge in [0.05, 0.1) is 4.91 Å². The van der Waals surface area contributed by atoms with Gasteiger partial charge in [0, 0.05) is 30.4 Å². The highest BCUT2D eigenvalue weighted by Crippen LogP contribution is 2.30. The number of nitrogens with zero attached hydrogens (tertiary/aromatic N) is 1. The van der Waals surface area contributed by atoms with Crippen LogP contribution >= 0.6 is 11.8 Å². The summed E-state index contributed by atoms with van der Waals surface area (Å²) in [5.74, 6) is -0.332. The van der Waals surface area contributed by atoms with Gasteiger partial charge in [-0.2, -0.15) is 0 Å². The van der Waals surface area contributed by atoms with Crippen LogP contribution in [0, 0.1) is 0 Å². The zero-order chi connectivity index (χ0) is 14.7. The van der Waals surface area contributed by atoms with Crippen molar-refractivity contribution in [3.63, 3.8) is 0 Å². The maximum atomic E-state index is 11.5. The number of hydrogen-bond donors (Lipinski definition) is 2. The number of imide groups is 1. The van der Waals surface area contributed by atoms with Gasteiger partial charge in [0.15, 0.2) is 0 Å². The quantitative estimate of drug-likeness (QED) is 0.835. The summed E-state index contributed by atoms with van der Waals surface area (Å²) in [4.78, 5) is 24.9. The minimum Gasteiger partial charge on any atom is -0.507 e. The second kappa shape index (κ2) is 6.00. The summed E-state index contributed by atoms with van der Waals surface area (Å²) >= 11 is 0.837. The lowest BCUT2D eigenvalue weighted by atomic mass is 10.1. The van der Waals surface area contributed by atoms with E-state index in [9.17, 15) is 14.7 Å². The summed E-state index contributed by atoms with van der Waals surface area (Å²) in [7, 11) is 0. The van der Waals surface area contributed by atoms with Crippen LogP contribution in [0.3, 0.4) is 0 Å². The molecule has 0 aliphatic carbocycles. The fourth-order valence-corrected chi connectivity index (χ4v) is 2.67. The summed E-state index contributed by atoms with van der Waals surface area (Å²) in [6, 6.07) is 5.30. The Morgan fingerprint density at radius 1 is 1.30 bits per heavy atom. The Hall–Kier alpha value is -1.95. The van der Waals surface area contributed by atoms with Gasteiger partial charge < -0.3 is 10.0 Å². The van der Waals surface area contributed by atoms with E-state index < -0.39 is 5.91 Å². The maximum absolute atomic E-state index is 11.5. The third-order valence-electron chi connectivity index (χ3n) is 3.07. The van der Waals surface area contributed by atoms with Gasteiger partial charge in [-0.15, -0.1) is 0 Å². The molecule has 1 aromatic carbocycles. The monoisotopic (exact) mass is 292 g/mol. The van der Waals surface area contributed by atoms with Crippen LogP contribution in [0.4, 0.5) is 10.5 Å². The third-order valence-corrected chi connectivity index (χ3v) is 3.88. The first kappa shape index (κ1) is 14.5. The first-order valence-corrected chi connectivity index (χ1v) is 7.19. The second-order valence-corrected chi connectivity index (χ2v) is 5.28. The molecule has 5 nitrogen and oxygen atoms in total. The molecule has 6 heteroatoms. The van der Waals surface area contributed by atoms with Crippen molar-refractivity contribution >= 4 is 34.7 Å². The lowest BCUT2D eigenvalue weighted by molar-refractivity contribution is -0.115. The van der Waals surface area contributed by atoms with E-state index in [1.54, 1.807) is 12.1 Å². The second-order valence-electron chi connectivity index (χ2n) is 4.27. The summed E-state index contributed by atoms with van der Waals surface area (Å²) in [6.07, 6.45) is 1.52. The number of amides is 2. The van der Waals surface area contributed by atoms with Crippen LogP contribution in [0.25, 0.3) is 6.08 Å². The fraction of sp³-hybridized carbons (Fsp3) is 0.286. The normalized spacial score (nSPS) is 16.6. The number of anilines is 1. The molecule has 20 heavy (non-hydrogen) atoms. The van der Waals surface area contributed by atoms with Crippen molar-refractivity contribution in [3.05, 3.63) is 28.7 Å². The van der Waals surface area contributed by atoms with E-state index in [1.807, 2.05) is 19.9 Å². The molecule has 0 saturated carbocycles. The van der Waals surface area contributed by atoms with Crippen LogP contribution in [-0.2, 0) is 4.79 Å². The molecular weight excluding hydrogens is 276 g/mol. The van der Waals surface area contributed by atoms with Crippen LogP contribution < -0.4 is 10.2 Å². The molecule has 2 rings (SSSR count). The Bertz CT molecular complexity index is 580. The number of rotatable bonds is 4. The van der Waals surface area contributed by atoms with Gasteiger partial charge in [0.25, 0.3) is 11.1 Å². The number of aromatic hydroxyl groups is 1. The summed E-state index contributed by atoms with van der Waals surface area (Å²) in [6.45, 7) is 5.79. The highest BCUT2D eigenvalue weighted by molar-refractivity contribution is 8.18. The van der Waals surface area contributed by atoms with Crippen LogP contribution in [0.5, 0.6) is 5.75 Å². The number of benzene rings is 1. The molecule has 0 spiro atoms. The van der Waals surface area contributed by atoms with Crippen molar-refractivity contribution in [1.29, 1.82) is 0 Å². The van der Waals surface area contributed by atoms with Crippen LogP contribution in [0.2, 0.25) is 0 Å². The minimum atomic E-state index is -0.424. The fourth-order valence-electron chi connectivity index (χ4n) is 2.00. The van der Waals surface area contributed by atoms with Crippen molar-refractivity contribution < 1.29 is 14.7 Å². The molecule has 0 atom stereocenters. The number of thioether (sulfide) groups is 1. The topological polar surface area (TPSA) is 69.6 Å². The number of phenolic OH excluding ortho intramolecular Hbond substituents is 1. The van der Waals surface area contributed by atoms with E-state index >= 15 is 0 Å². The first-order chi connectivity index (χ1) is 9.55. The standard InChI is InChI=1S/C14H16N2O3S/c1-3-16(4-2)10-6-5-9(11(17)8-10)7-12-13(18)15-14(19)20-12/h5-8,17H,3-4H2,1-2H3,(H,15,18,19)/b12-7+. The summed E-state index contributed by atoms with van der Waals surface area (Å²) in [5.41, 5.74) is 1.45. The van der Waals surface area contributed by atoms with E-state index in [2.05, 4.69) is 10.2 Å². The molecule has 1 aliphatic heterocycles. The number of hydrogen-bond acceptors (Lipinski definition) is 5. The van der Waals surface area contributed by atoms with Gasteiger partial charge >= 0.3 is 0 Å². The molecule has 1 aliphatic rings. The summed E-state index contributed by atoms with van der Waals surface area (Å²) in [5, 5.41) is 11.8. The van der Waals surface area contributed by atoms with Crippen molar-refractivity contribution in [2.24, 2.45) is 0 Å². The molecule has 0 unspecified atom stereocenters. The number of phenols is 1. The Labute approximate surface area is 121 Å². The highest BCUT2D eigenvalue weighted by atomic mass is 32.2. The number of carbonyl (C=O) groups is 2. The van der Waals surface area contributed by atoms with Crippen molar-refractivity contribution in [2.45, 2.75) is 13.8 Å². The van der Waals surface area contributed by atoms with Gasteiger partial charge in [0.2, 0.25) is 0 Å². The number of carbonyl (C=O) groups excluding carboxylic acids is 2. The van der Waals surface area contributed by atoms with Gasteiger partial charge in [-0.1, -0.05) is 0 Å². The average Bonchev–Trinajstić information content (AvgIpc) is 2.72. The number of nitrogens with one attached hydrogen (secondary N) is 1. The molecule has 106 valence electrons.